The van der Waals surface area contributed by atoms with Gasteiger partial charge in [0, 0.05) is 0 Å². The molecule has 0 N–H and O–H groups in total. The Labute approximate surface area is 84.9 Å². The smallest absolute Gasteiger partial charge is 0.350 e. The maximum Gasteiger partial charge on any atom is 0.350 e. The molecule has 72 valence electrons. The Hall–Kier alpha value is -0.560. The van der Waals surface area contributed by atoms with Crippen LogP contribution in [0.3, 0.4) is 0 Å². The van der Waals surface area contributed by atoms with E-state index in [1.165, 1.54) is 0 Å². The van der Waals surface area contributed by atoms with Crippen molar-refractivity contribution < 1.29 is 18.3 Å². The molecule has 7 heteroatoms. The molecule has 0 saturated heterocycles. The molecule has 0 radical (unpaired) electrons. The molecule has 0 atom stereocenters. The van der Waals surface area contributed by atoms with Crippen LogP contribution < -0.4 is 0 Å². The van der Waals surface area contributed by atoms with Crippen LogP contribution in [0.1, 0.15) is 21.8 Å². The van der Waals surface area contributed by atoms with E-state index in [1.54, 1.807) is 0 Å². The highest BCUT2D eigenvalue weighted by molar-refractivity contribution is 9.11. The maximum absolute atomic E-state index is 12.3. The summed E-state index contributed by atoms with van der Waals surface area (Å²) in [6.45, 7) is 0. The van der Waals surface area contributed by atoms with Crippen LogP contribution >= 0.6 is 27.3 Å². The van der Waals surface area contributed by atoms with Gasteiger partial charge in [-0.05, 0) is 15.9 Å². The van der Waals surface area contributed by atoms with Crippen LogP contribution in [0.15, 0.2) is 3.92 Å². The van der Waals surface area contributed by atoms with Crippen molar-refractivity contribution in [3.05, 3.63) is 14.5 Å². The zero-order valence-corrected chi connectivity index (χ0v) is 8.79. The van der Waals surface area contributed by atoms with Gasteiger partial charge < -0.3 is 4.74 Å². The average Bonchev–Trinajstić information content (AvgIpc) is 2.46. The van der Waals surface area contributed by atoms with E-state index in [0.29, 0.717) is 0 Å². The number of alkyl halides is 2. The lowest BCUT2D eigenvalue weighted by Crippen LogP contribution is -2.02. The average molecular weight is 272 g/mol. The minimum Gasteiger partial charge on any atom is -0.465 e. The molecule has 0 bridgehead atoms. The first kappa shape index (κ1) is 10.5. The molecule has 1 heterocycles. The summed E-state index contributed by atoms with van der Waals surface area (Å²) in [7, 11) is 1.13. The first-order chi connectivity index (χ1) is 6.06. The summed E-state index contributed by atoms with van der Waals surface area (Å²) >= 11 is 3.74. The van der Waals surface area contributed by atoms with Crippen molar-refractivity contribution in [3.8, 4) is 0 Å². The fourth-order valence-electron chi connectivity index (χ4n) is 0.692. The van der Waals surface area contributed by atoms with Crippen LogP contribution in [-0.2, 0) is 4.74 Å². The Morgan fingerprint density at radius 2 is 2.31 bits per heavy atom. The lowest BCUT2D eigenvalue weighted by Gasteiger charge is -1.97. The Bertz CT molecular complexity index is 328. The summed E-state index contributed by atoms with van der Waals surface area (Å²) < 4.78 is 29.1. The molecule has 0 aliphatic rings. The third-order valence-corrected chi connectivity index (χ3v) is 2.71. The molecule has 3 nitrogen and oxygen atoms in total. The molecular weight excluding hydrogens is 268 g/mol. The molecule has 0 aliphatic carbocycles. The molecule has 0 fully saturated rings. The van der Waals surface area contributed by atoms with Gasteiger partial charge in [0.1, 0.15) is 10.6 Å². The first-order valence-electron chi connectivity index (χ1n) is 3.09. The SMILES string of the molecule is COC(=O)c1sc(Br)nc1C(F)F. The summed E-state index contributed by atoms with van der Waals surface area (Å²) in [5, 5.41) is 0. The van der Waals surface area contributed by atoms with Crippen molar-refractivity contribution in [3.63, 3.8) is 0 Å². The maximum atomic E-state index is 12.3. The summed E-state index contributed by atoms with van der Waals surface area (Å²) in [5.41, 5.74) is -0.538. The summed E-state index contributed by atoms with van der Waals surface area (Å²) in [4.78, 5) is 14.2. The highest BCUT2D eigenvalue weighted by Gasteiger charge is 2.24. The quantitative estimate of drug-likeness (QED) is 0.777. The second-order valence-electron chi connectivity index (χ2n) is 1.97. The highest BCUT2D eigenvalue weighted by Crippen LogP contribution is 2.30. The van der Waals surface area contributed by atoms with E-state index in [4.69, 9.17) is 0 Å². The number of nitrogens with zero attached hydrogens (tertiary/aromatic N) is 1. The predicted molar refractivity (Wildman–Crippen MR) is 46.1 cm³/mol. The Balaban J connectivity index is 3.11. The minimum absolute atomic E-state index is 0.163. The summed E-state index contributed by atoms with van der Waals surface area (Å²) in [6.07, 6.45) is -2.77. The number of esters is 1. The van der Waals surface area contributed by atoms with E-state index in [1.807, 2.05) is 0 Å². The Kier molecular flexibility index (Phi) is 3.32. The monoisotopic (exact) mass is 271 g/mol. The van der Waals surface area contributed by atoms with Crippen molar-refractivity contribution >= 4 is 33.2 Å². The van der Waals surface area contributed by atoms with E-state index in [-0.39, 0.29) is 8.79 Å². The summed E-state index contributed by atoms with van der Waals surface area (Å²) in [6, 6.07) is 0. The Morgan fingerprint density at radius 1 is 1.69 bits per heavy atom. The molecule has 0 aromatic carbocycles. The zero-order valence-electron chi connectivity index (χ0n) is 6.38. The van der Waals surface area contributed by atoms with E-state index < -0.39 is 18.1 Å². The highest BCUT2D eigenvalue weighted by atomic mass is 79.9. The molecule has 1 aromatic heterocycles. The number of hydrogen-bond acceptors (Lipinski definition) is 4. The number of methoxy groups -OCH3 is 1. The van der Waals surface area contributed by atoms with Crippen molar-refractivity contribution in [2.75, 3.05) is 7.11 Å². The van der Waals surface area contributed by atoms with Gasteiger partial charge in [-0.1, -0.05) is 11.3 Å². The van der Waals surface area contributed by atoms with Crippen molar-refractivity contribution in [1.82, 2.24) is 4.98 Å². The molecule has 0 aliphatic heterocycles. The molecule has 0 saturated carbocycles. The second kappa shape index (κ2) is 4.10. The number of carbonyl (C=O) groups excluding carboxylic acids is 1. The van der Waals surface area contributed by atoms with E-state index in [0.717, 1.165) is 18.4 Å². The Morgan fingerprint density at radius 3 is 2.77 bits per heavy atom. The standard InChI is InChI=1S/C6H4BrF2NO2S/c1-12-5(11)3-2(4(8)9)10-6(7)13-3/h4H,1H3. The molecule has 13 heavy (non-hydrogen) atoms. The fourth-order valence-corrected chi connectivity index (χ4v) is 2.09. The number of thiazole rings is 1. The first-order valence-corrected chi connectivity index (χ1v) is 4.70. The topological polar surface area (TPSA) is 39.2 Å². The summed E-state index contributed by atoms with van der Waals surface area (Å²) in [5.74, 6) is -0.793. The van der Waals surface area contributed by atoms with Crippen molar-refractivity contribution in [1.29, 1.82) is 0 Å². The molecular formula is C6H4BrF2NO2S. The molecule has 1 rings (SSSR count). The number of halogens is 3. The zero-order chi connectivity index (χ0) is 10.0. The number of aromatic nitrogens is 1. The normalized spacial score (nSPS) is 10.5. The molecule has 0 spiro atoms. The van der Waals surface area contributed by atoms with Gasteiger partial charge in [-0.3, -0.25) is 0 Å². The predicted octanol–water partition coefficient (Wildman–Crippen LogP) is 2.63. The number of hydrogen-bond donors (Lipinski definition) is 0. The number of carbonyl (C=O) groups is 1. The van der Waals surface area contributed by atoms with Crippen molar-refractivity contribution in [2.45, 2.75) is 6.43 Å². The lowest BCUT2D eigenvalue weighted by atomic mass is 10.4. The van der Waals surface area contributed by atoms with Crippen molar-refractivity contribution in [2.24, 2.45) is 0 Å². The van der Waals surface area contributed by atoms with Gasteiger partial charge in [-0.25, -0.2) is 18.6 Å². The van der Waals surface area contributed by atoms with Gasteiger partial charge >= 0.3 is 5.97 Å². The third kappa shape index (κ3) is 2.22. The van der Waals surface area contributed by atoms with Gasteiger partial charge in [0.2, 0.25) is 0 Å². The van der Waals surface area contributed by atoms with E-state index in [2.05, 4.69) is 25.7 Å². The molecule has 1 aromatic rings. The van der Waals surface area contributed by atoms with Crippen LogP contribution in [0.4, 0.5) is 8.78 Å². The molecule has 0 amide bonds. The fraction of sp³-hybridized carbons (Fsp3) is 0.333. The van der Waals surface area contributed by atoms with Crippen LogP contribution in [0.2, 0.25) is 0 Å². The minimum atomic E-state index is -2.77. The van der Waals surface area contributed by atoms with Crippen LogP contribution in [0.25, 0.3) is 0 Å². The van der Waals surface area contributed by atoms with Gasteiger partial charge in [-0.2, -0.15) is 0 Å². The van der Waals surface area contributed by atoms with Crippen LogP contribution in [-0.4, -0.2) is 18.1 Å². The van der Waals surface area contributed by atoms with E-state index in [9.17, 15) is 13.6 Å². The third-order valence-electron chi connectivity index (χ3n) is 1.20. The van der Waals surface area contributed by atoms with Gasteiger partial charge in [-0.15, -0.1) is 0 Å². The van der Waals surface area contributed by atoms with Gasteiger partial charge in [0.15, 0.2) is 3.92 Å². The lowest BCUT2D eigenvalue weighted by molar-refractivity contribution is 0.0594. The largest absolute Gasteiger partial charge is 0.465 e. The van der Waals surface area contributed by atoms with Gasteiger partial charge in [0.05, 0.1) is 7.11 Å². The van der Waals surface area contributed by atoms with E-state index >= 15 is 0 Å². The number of rotatable bonds is 2. The number of ether oxygens (including phenoxy) is 1. The van der Waals surface area contributed by atoms with Crippen LogP contribution in [0, 0.1) is 0 Å². The van der Waals surface area contributed by atoms with Gasteiger partial charge in [0.25, 0.3) is 6.43 Å². The second-order valence-corrected chi connectivity index (χ2v) is 4.25. The molecule has 0 unspecified atom stereocenters. The van der Waals surface area contributed by atoms with Crippen LogP contribution in [0.5, 0.6) is 0 Å².